The fourth-order valence-corrected chi connectivity index (χ4v) is 20.6. The summed E-state index contributed by atoms with van der Waals surface area (Å²) in [6, 6.07) is 49.8. The molecule has 0 saturated carbocycles. The summed E-state index contributed by atoms with van der Waals surface area (Å²) < 4.78 is 7.35. The Morgan fingerprint density at radius 3 is 2.06 bits per heavy atom. The standard InChI is InChI=1S/C21H13.C10H7.C7H5Cl.C5H5.2ClH.Zr/c1-2-8-15-14(7-1)13-20-18-11-4-3-9-16(18)17-10-5-6-12-19(17)21(15)20;1-2-6-10-8-4-3-7-9(10)5-1;1-6-2-4-7(8)5-3-6;1-2-4-5-3-1;;;/h1-10,12H,13H2;1-7H;1-5H;1-3H,4H2;2*1H;. The Labute approximate surface area is 297 Å². The summed E-state index contributed by atoms with van der Waals surface area (Å²) in [5.41, 5.74) is 6.96. The van der Waals surface area contributed by atoms with Crippen molar-refractivity contribution >= 4 is 79.0 Å². The van der Waals surface area contributed by atoms with E-state index >= 15 is 0 Å². The van der Waals surface area contributed by atoms with E-state index < -0.39 is 19.8 Å². The molecule has 0 saturated heterocycles. The van der Waals surface area contributed by atoms with Crippen molar-refractivity contribution in [1.29, 1.82) is 0 Å². The molecule has 0 bridgehead atoms. The SMILES string of the molecule is Cl.Cl.Clc1ccc([CH]=[Zr]([C]2=CC=CC2)([c]2cccc3ccccc23)[c]2cccc3c2c2c(c4ccccc43)-c3ccccc3C2)cc1. The summed E-state index contributed by atoms with van der Waals surface area (Å²) in [5.74, 6) is 0. The second-order valence-electron chi connectivity index (χ2n) is 12.3. The van der Waals surface area contributed by atoms with Crippen LogP contribution in [0.3, 0.4) is 0 Å². The average Bonchev–Trinajstić information content (AvgIpc) is 3.77. The van der Waals surface area contributed by atoms with Gasteiger partial charge in [0.15, 0.2) is 0 Å². The first-order chi connectivity index (χ1) is 22.2. The van der Waals surface area contributed by atoms with Crippen molar-refractivity contribution in [3.63, 3.8) is 0 Å². The molecule has 229 valence electrons. The Balaban J connectivity index is 0.00000176. The fourth-order valence-electron chi connectivity index (χ4n) is 8.10. The fraction of sp³-hybridized carbons (Fsp3) is 0.0465. The molecule has 0 nitrogen and oxygen atoms in total. The van der Waals surface area contributed by atoms with Crippen LogP contribution in [0.5, 0.6) is 0 Å². The van der Waals surface area contributed by atoms with E-state index in [1.54, 1.807) is 3.28 Å². The molecule has 47 heavy (non-hydrogen) atoms. The van der Waals surface area contributed by atoms with E-state index in [4.69, 9.17) is 11.6 Å². The third kappa shape index (κ3) is 5.03. The van der Waals surface area contributed by atoms with Gasteiger partial charge in [-0.05, 0) is 0 Å². The van der Waals surface area contributed by atoms with Crippen LogP contribution in [0.2, 0.25) is 5.02 Å². The Hall–Kier alpha value is -3.58. The van der Waals surface area contributed by atoms with Gasteiger partial charge in [-0.15, -0.1) is 24.8 Å². The maximum atomic E-state index is 6.45. The first-order valence-electron chi connectivity index (χ1n) is 15.7. The topological polar surface area (TPSA) is 0 Å². The van der Waals surface area contributed by atoms with Crippen LogP contribution in [-0.4, -0.2) is 3.71 Å². The van der Waals surface area contributed by atoms with E-state index in [1.807, 2.05) is 12.1 Å². The molecule has 0 spiro atoms. The van der Waals surface area contributed by atoms with Crippen molar-refractivity contribution in [1.82, 2.24) is 0 Å². The van der Waals surface area contributed by atoms with E-state index in [0.29, 0.717) is 0 Å². The molecule has 4 heteroatoms. The molecular formula is C43H32Cl3Zr. The van der Waals surface area contributed by atoms with Crippen LogP contribution >= 0.6 is 36.4 Å². The van der Waals surface area contributed by atoms with Crippen molar-refractivity contribution < 1.29 is 19.8 Å². The molecular weight excluding hydrogens is 714 g/mol. The molecule has 0 amide bonds. The van der Waals surface area contributed by atoms with Gasteiger partial charge in [-0.3, -0.25) is 0 Å². The van der Waals surface area contributed by atoms with Crippen LogP contribution in [0.15, 0.2) is 155 Å². The van der Waals surface area contributed by atoms with Crippen LogP contribution in [0.4, 0.5) is 0 Å². The van der Waals surface area contributed by atoms with Crippen molar-refractivity contribution in [3.8, 4) is 11.1 Å². The van der Waals surface area contributed by atoms with Gasteiger partial charge in [-0.1, -0.05) is 0 Å². The average molecular weight is 746 g/mol. The minimum absolute atomic E-state index is 0. The summed E-state index contributed by atoms with van der Waals surface area (Å²) in [6.07, 6.45) is 9.01. The Morgan fingerprint density at radius 1 is 0.596 bits per heavy atom. The molecule has 0 aliphatic heterocycles. The zero-order chi connectivity index (χ0) is 30.0. The zero-order valence-electron chi connectivity index (χ0n) is 25.6. The summed E-state index contributed by atoms with van der Waals surface area (Å²) in [4.78, 5) is 0. The van der Waals surface area contributed by atoms with Gasteiger partial charge in [-0.2, -0.15) is 0 Å². The molecule has 2 aliphatic carbocycles. The molecule has 7 aromatic carbocycles. The predicted octanol–water partition coefficient (Wildman–Crippen LogP) is 11.0. The number of hydrogen-bond acceptors (Lipinski definition) is 0. The third-order valence-electron chi connectivity index (χ3n) is 9.98. The van der Waals surface area contributed by atoms with Crippen LogP contribution < -0.4 is 6.54 Å². The molecule has 0 aromatic heterocycles. The van der Waals surface area contributed by atoms with Gasteiger partial charge in [0, 0.05) is 0 Å². The second-order valence-corrected chi connectivity index (χ2v) is 21.7. The van der Waals surface area contributed by atoms with Gasteiger partial charge in [0.1, 0.15) is 0 Å². The van der Waals surface area contributed by atoms with E-state index in [9.17, 15) is 0 Å². The van der Waals surface area contributed by atoms with E-state index in [2.05, 4.69) is 143 Å². The van der Waals surface area contributed by atoms with E-state index in [-0.39, 0.29) is 24.8 Å². The second kappa shape index (κ2) is 12.8. The maximum absolute atomic E-state index is 6.45. The van der Waals surface area contributed by atoms with Crippen LogP contribution in [-0.2, 0) is 26.2 Å². The number of fused-ring (bicyclic) bond motifs is 9. The quantitative estimate of drug-likeness (QED) is 0.157. The monoisotopic (exact) mass is 743 g/mol. The summed E-state index contributed by atoms with van der Waals surface area (Å²) in [6.45, 7) is 0. The molecule has 9 rings (SSSR count). The molecule has 2 aliphatic rings. The summed E-state index contributed by atoms with van der Waals surface area (Å²) >= 11 is 2.48. The molecule has 1 atom stereocenters. The van der Waals surface area contributed by atoms with Gasteiger partial charge >= 0.3 is 275 Å². The van der Waals surface area contributed by atoms with Gasteiger partial charge < -0.3 is 0 Å². The van der Waals surface area contributed by atoms with Crippen LogP contribution in [0.25, 0.3) is 43.4 Å². The first kappa shape index (κ1) is 32.0. The zero-order valence-corrected chi connectivity index (χ0v) is 30.5. The Kier molecular flexibility index (Phi) is 8.71. The summed E-state index contributed by atoms with van der Waals surface area (Å²) in [5, 5.41) is 8.97. The Bertz CT molecular complexity index is 2450. The van der Waals surface area contributed by atoms with Crippen molar-refractivity contribution in [2.45, 2.75) is 12.8 Å². The van der Waals surface area contributed by atoms with Gasteiger partial charge in [0.2, 0.25) is 0 Å². The molecule has 7 aromatic rings. The van der Waals surface area contributed by atoms with Crippen LogP contribution in [0, 0.1) is 0 Å². The molecule has 0 fully saturated rings. The normalized spacial score (nSPS) is 14.2. The van der Waals surface area contributed by atoms with Gasteiger partial charge in [0.25, 0.3) is 0 Å². The van der Waals surface area contributed by atoms with Crippen molar-refractivity contribution in [2.24, 2.45) is 0 Å². The first-order valence-corrected chi connectivity index (χ1v) is 21.2. The minimum atomic E-state index is -3.96. The third-order valence-corrected chi connectivity index (χ3v) is 21.8. The predicted molar refractivity (Wildman–Crippen MR) is 206 cm³/mol. The number of rotatable bonds is 4. The molecule has 1 unspecified atom stereocenters. The van der Waals surface area contributed by atoms with E-state index in [0.717, 1.165) is 17.9 Å². The number of allylic oxidation sites excluding steroid dienone is 4. The van der Waals surface area contributed by atoms with E-state index in [1.165, 1.54) is 66.7 Å². The number of benzene rings is 7. The molecule has 0 heterocycles. The number of halogens is 3. The molecule has 0 N–H and O–H groups in total. The van der Waals surface area contributed by atoms with Gasteiger partial charge in [-0.25, -0.2) is 0 Å². The van der Waals surface area contributed by atoms with Crippen molar-refractivity contribution in [2.75, 3.05) is 0 Å². The Morgan fingerprint density at radius 2 is 1.26 bits per heavy atom. The van der Waals surface area contributed by atoms with Crippen molar-refractivity contribution in [3.05, 3.63) is 177 Å². The molecule has 0 radical (unpaired) electrons. The number of hydrogen-bond donors (Lipinski definition) is 0. The van der Waals surface area contributed by atoms with Gasteiger partial charge in [0.05, 0.1) is 0 Å². The summed E-state index contributed by atoms with van der Waals surface area (Å²) in [7, 11) is 0. The van der Waals surface area contributed by atoms with Crippen LogP contribution in [0.1, 0.15) is 23.1 Å².